The highest BCUT2D eigenvalue weighted by atomic mass is 19.4. The average Bonchev–Trinajstić information content (AvgIpc) is 2.36. The van der Waals surface area contributed by atoms with Gasteiger partial charge in [-0.15, -0.1) is 0 Å². The van der Waals surface area contributed by atoms with E-state index in [2.05, 4.69) is 12.2 Å². The van der Waals surface area contributed by atoms with E-state index in [4.69, 9.17) is 5.11 Å². The van der Waals surface area contributed by atoms with E-state index in [-0.39, 0.29) is 25.5 Å². The molecule has 3 atom stereocenters. The first-order valence-corrected chi connectivity index (χ1v) is 7.38. The fourth-order valence-electron chi connectivity index (χ4n) is 2.95. The van der Waals surface area contributed by atoms with Crippen LogP contribution in [0.1, 0.15) is 51.9 Å². The van der Waals surface area contributed by atoms with Gasteiger partial charge in [-0.1, -0.05) is 19.8 Å². The molecule has 0 aliphatic heterocycles. The molecule has 1 aliphatic rings. The van der Waals surface area contributed by atoms with Gasteiger partial charge in [0.25, 0.3) is 0 Å². The van der Waals surface area contributed by atoms with Crippen LogP contribution in [0.4, 0.5) is 13.2 Å². The molecule has 5 heteroatoms. The summed E-state index contributed by atoms with van der Waals surface area (Å²) >= 11 is 0. The van der Waals surface area contributed by atoms with Crippen LogP contribution in [-0.4, -0.2) is 30.5 Å². The number of aliphatic hydroxyl groups is 1. The lowest BCUT2D eigenvalue weighted by Gasteiger charge is -2.32. The van der Waals surface area contributed by atoms with Gasteiger partial charge in [0, 0.05) is 12.6 Å². The highest BCUT2D eigenvalue weighted by Gasteiger charge is 2.42. The Bertz CT molecular complexity index is 239. The van der Waals surface area contributed by atoms with Gasteiger partial charge >= 0.3 is 6.18 Å². The van der Waals surface area contributed by atoms with E-state index in [0.29, 0.717) is 12.3 Å². The monoisotopic (exact) mass is 281 g/mol. The Morgan fingerprint density at radius 3 is 2.58 bits per heavy atom. The third-order valence-electron chi connectivity index (χ3n) is 4.07. The van der Waals surface area contributed by atoms with Crippen LogP contribution in [0.5, 0.6) is 0 Å². The lowest BCUT2D eigenvalue weighted by Crippen LogP contribution is -2.40. The van der Waals surface area contributed by atoms with Crippen molar-refractivity contribution in [2.75, 3.05) is 13.2 Å². The van der Waals surface area contributed by atoms with Crippen molar-refractivity contribution in [1.82, 2.24) is 5.32 Å². The van der Waals surface area contributed by atoms with Crippen molar-refractivity contribution in [2.24, 2.45) is 11.8 Å². The summed E-state index contributed by atoms with van der Waals surface area (Å²) in [5.74, 6) is -0.762. The second-order valence-electron chi connectivity index (χ2n) is 5.68. The van der Waals surface area contributed by atoms with Gasteiger partial charge in [-0.2, -0.15) is 13.2 Å². The molecule has 1 saturated carbocycles. The molecule has 2 nitrogen and oxygen atoms in total. The van der Waals surface area contributed by atoms with Gasteiger partial charge in [-0.3, -0.25) is 0 Å². The van der Waals surface area contributed by atoms with Crippen molar-refractivity contribution in [3.05, 3.63) is 0 Å². The molecule has 0 amide bonds. The predicted octanol–water partition coefficient (Wildman–Crippen LogP) is 3.50. The van der Waals surface area contributed by atoms with Crippen LogP contribution >= 0.6 is 0 Å². The highest BCUT2D eigenvalue weighted by Crippen LogP contribution is 2.37. The van der Waals surface area contributed by atoms with Crippen LogP contribution in [-0.2, 0) is 0 Å². The number of halogens is 3. The zero-order valence-corrected chi connectivity index (χ0v) is 11.7. The van der Waals surface area contributed by atoms with Gasteiger partial charge in [-0.05, 0) is 44.6 Å². The van der Waals surface area contributed by atoms with Gasteiger partial charge < -0.3 is 10.4 Å². The number of rotatable bonds is 7. The third kappa shape index (κ3) is 6.13. The number of aliphatic hydroxyl groups excluding tert-OH is 1. The first-order valence-electron chi connectivity index (χ1n) is 7.38. The summed E-state index contributed by atoms with van der Waals surface area (Å²) in [5, 5.41) is 12.3. The maximum atomic E-state index is 12.7. The van der Waals surface area contributed by atoms with Gasteiger partial charge in [0.2, 0.25) is 0 Å². The second-order valence-corrected chi connectivity index (χ2v) is 5.68. The first kappa shape index (κ1) is 16.8. The summed E-state index contributed by atoms with van der Waals surface area (Å²) in [6, 6.07) is -0.0153. The van der Waals surface area contributed by atoms with Gasteiger partial charge in [-0.25, -0.2) is 0 Å². The molecule has 0 aromatic heterocycles. The SMILES string of the molecule is CCCC(CCO)CNC1CCCC(C(F)(F)F)C1. The lowest BCUT2D eigenvalue weighted by molar-refractivity contribution is -0.183. The molecule has 2 N–H and O–H groups in total. The minimum absolute atomic E-state index is 0.0153. The Labute approximate surface area is 113 Å². The molecule has 114 valence electrons. The van der Waals surface area contributed by atoms with E-state index in [0.717, 1.165) is 32.2 Å². The molecule has 0 radical (unpaired) electrons. The summed E-state index contributed by atoms with van der Waals surface area (Å²) in [6.45, 7) is 2.97. The van der Waals surface area contributed by atoms with Crippen molar-refractivity contribution in [1.29, 1.82) is 0 Å². The van der Waals surface area contributed by atoms with Crippen molar-refractivity contribution in [2.45, 2.75) is 64.1 Å². The van der Waals surface area contributed by atoms with E-state index < -0.39 is 12.1 Å². The molecule has 1 fully saturated rings. The molecular formula is C14H26F3NO. The van der Waals surface area contributed by atoms with E-state index in [1.54, 1.807) is 0 Å². The summed E-state index contributed by atoms with van der Waals surface area (Å²) in [4.78, 5) is 0. The van der Waals surface area contributed by atoms with Gasteiger partial charge in [0.05, 0.1) is 5.92 Å². The summed E-state index contributed by atoms with van der Waals surface area (Å²) in [5.41, 5.74) is 0. The number of nitrogens with one attached hydrogen (secondary N) is 1. The number of alkyl halides is 3. The Balaban J connectivity index is 2.35. The minimum Gasteiger partial charge on any atom is -0.396 e. The van der Waals surface area contributed by atoms with Crippen molar-refractivity contribution in [3.63, 3.8) is 0 Å². The smallest absolute Gasteiger partial charge is 0.391 e. The maximum absolute atomic E-state index is 12.7. The van der Waals surface area contributed by atoms with E-state index in [1.807, 2.05) is 0 Å². The average molecular weight is 281 g/mol. The van der Waals surface area contributed by atoms with Crippen LogP contribution in [0.3, 0.4) is 0 Å². The van der Waals surface area contributed by atoms with Crippen molar-refractivity contribution >= 4 is 0 Å². The normalized spacial score (nSPS) is 26.4. The maximum Gasteiger partial charge on any atom is 0.391 e. The summed E-state index contributed by atoms with van der Waals surface area (Å²) in [6.07, 6.45) is 0.721. The quantitative estimate of drug-likeness (QED) is 0.748. The van der Waals surface area contributed by atoms with E-state index in [9.17, 15) is 13.2 Å². The number of hydrogen-bond donors (Lipinski definition) is 2. The van der Waals surface area contributed by atoms with Crippen molar-refractivity contribution in [3.8, 4) is 0 Å². The van der Waals surface area contributed by atoms with Crippen LogP contribution in [0, 0.1) is 11.8 Å². The Morgan fingerprint density at radius 2 is 2.00 bits per heavy atom. The summed E-state index contributed by atoms with van der Waals surface area (Å²) in [7, 11) is 0. The Hall–Kier alpha value is -0.290. The fraction of sp³-hybridized carbons (Fsp3) is 1.00. The van der Waals surface area contributed by atoms with Crippen LogP contribution in [0.15, 0.2) is 0 Å². The molecular weight excluding hydrogens is 255 g/mol. The Morgan fingerprint density at radius 1 is 1.26 bits per heavy atom. The molecule has 0 aromatic rings. The van der Waals surface area contributed by atoms with Crippen LogP contribution in [0.25, 0.3) is 0 Å². The van der Waals surface area contributed by atoms with E-state index >= 15 is 0 Å². The predicted molar refractivity (Wildman–Crippen MR) is 69.9 cm³/mol. The molecule has 3 unspecified atom stereocenters. The lowest BCUT2D eigenvalue weighted by atomic mass is 9.85. The molecule has 1 aliphatic carbocycles. The highest BCUT2D eigenvalue weighted by molar-refractivity contribution is 4.82. The largest absolute Gasteiger partial charge is 0.396 e. The topological polar surface area (TPSA) is 32.3 Å². The Kier molecular flexibility index (Phi) is 7.15. The molecule has 0 spiro atoms. The molecule has 0 bridgehead atoms. The molecule has 1 rings (SSSR count). The van der Waals surface area contributed by atoms with E-state index in [1.165, 1.54) is 0 Å². The fourth-order valence-corrected chi connectivity index (χ4v) is 2.95. The zero-order valence-electron chi connectivity index (χ0n) is 11.7. The summed E-state index contributed by atoms with van der Waals surface area (Å²) < 4.78 is 38.1. The van der Waals surface area contributed by atoms with Gasteiger partial charge in [0.15, 0.2) is 0 Å². The first-order chi connectivity index (χ1) is 8.97. The number of hydrogen-bond acceptors (Lipinski definition) is 2. The van der Waals surface area contributed by atoms with Gasteiger partial charge in [0.1, 0.15) is 0 Å². The van der Waals surface area contributed by atoms with Crippen molar-refractivity contribution < 1.29 is 18.3 Å². The molecule has 0 saturated heterocycles. The van der Waals surface area contributed by atoms with Crippen LogP contribution in [0.2, 0.25) is 0 Å². The molecule has 0 heterocycles. The standard InChI is InChI=1S/C14H26F3NO/c1-2-4-11(7-8-19)10-18-13-6-3-5-12(9-13)14(15,16)17/h11-13,18-19H,2-10H2,1H3. The molecule has 19 heavy (non-hydrogen) atoms. The zero-order chi connectivity index (χ0) is 14.3. The molecule has 0 aromatic carbocycles. The minimum atomic E-state index is -4.05. The third-order valence-corrected chi connectivity index (χ3v) is 4.07. The second kappa shape index (κ2) is 8.10. The van der Waals surface area contributed by atoms with Crippen LogP contribution < -0.4 is 5.32 Å².